The SMILES string of the molecule is O=C(NCCCCc1ccccc1)Nc1ccc2ncc(-c3cccnc3)nc2n1. The minimum atomic E-state index is -0.280. The quantitative estimate of drug-likeness (QED) is 0.455. The Labute approximate surface area is 174 Å². The lowest BCUT2D eigenvalue weighted by molar-refractivity contribution is 0.252. The fourth-order valence-electron chi connectivity index (χ4n) is 3.08. The van der Waals surface area contributed by atoms with Crippen molar-refractivity contribution in [2.24, 2.45) is 0 Å². The monoisotopic (exact) mass is 398 g/mol. The van der Waals surface area contributed by atoms with Crippen molar-refractivity contribution in [2.45, 2.75) is 19.3 Å². The van der Waals surface area contributed by atoms with Crippen LogP contribution in [-0.4, -0.2) is 32.5 Å². The summed E-state index contributed by atoms with van der Waals surface area (Å²) in [6.45, 7) is 0.608. The largest absolute Gasteiger partial charge is 0.338 e. The Morgan fingerprint density at radius 1 is 0.900 bits per heavy atom. The van der Waals surface area contributed by atoms with Crippen LogP contribution in [0.25, 0.3) is 22.4 Å². The highest BCUT2D eigenvalue weighted by atomic mass is 16.2. The van der Waals surface area contributed by atoms with Crippen LogP contribution < -0.4 is 10.6 Å². The molecule has 4 aromatic rings. The summed E-state index contributed by atoms with van der Waals surface area (Å²) in [4.78, 5) is 29.6. The van der Waals surface area contributed by atoms with Gasteiger partial charge in [0.2, 0.25) is 0 Å². The highest BCUT2D eigenvalue weighted by Gasteiger charge is 2.07. The summed E-state index contributed by atoms with van der Waals surface area (Å²) in [5, 5.41) is 5.63. The number of carbonyl (C=O) groups excluding carboxylic acids is 1. The molecule has 0 bridgehead atoms. The van der Waals surface area contributed by atoms with Crippen molar-refractivity contribution in [1.82, 2.24) is 25.3 Å². The number of carbonyl (C=O) groups is 1. The molecular weight excluding hydrogens is 376 g/mol. The number of hydrogen-bond donors (Lipinski definition) is 2. The van der Waals surface area contributed by atoms with Crippen LogP contribution in [0.3, 0.4) is 0 Å². The van der Waals surface area contributed by atoms with Crippen LogP contribution in [0.2, 0.25) is 0 Å². The first-order chi connectivity index (χ1) is 14.8. The molecule has 0 saturated carbocycles. The second-order valence-corrected chi connectivity index (χ2v) is 6.86. The normalized spacial score (nSPS) is 10.7. The first-order valence-electron chi connectivity index (χ1n) is 9.91. The van der Waals surface area contributed by atoms with Gasteiger partial charge in [0.25, 0.3) is 0 Å². The number of pyridine rings is 2. The van der Waals surface area contributed by atoms with E-state index in [0.29, 0.717) is 29.2 Å². The Morgan fingerprint density at radius 2 is 1.80 bits per heavy atom. The molecule has 2 amide bonds. The number of benzene rings is 1. The molecule has 30 heavy (non-hydrogen) atoms. The van der Waals surface area contributed by atoms with Crippen molar-refractivity contribution in [2.75, 3.05) is 11.9 Å². The maximum Gasteiger partial charge on any atom is 0.320 e. The van der Waals surface area contributed by atoms with Gasteiger partial charge in [-0.15, -0.1) is 0 Å². The van der Waals surface area contributed by atoms with Crippen molar-refractivity contribution < 1.29 is 4.79 Å². The lowest BCUT2D eigenvalue weighted by Gasteiger charge is -2.08. The summed E-state index contributed by atoms with van der Waals surface area (Å²) >= 11 is 0. The maximum absolute atomic E-state index is 12.2. The Morgan fingerprint density at radius 3 is 2.63 bits per heavy atom. The summed E-state index contributed by atoms with van der Waals surface area (Å²) in [6.07, 6.45) is 8.06. The number of rotatable bonds is 7. The van der Waals surface area contributed by atoms with Gasteiger partial charge in [-0.1, -0.05) is 30.3 Å². The van der Waals surface area contributed by atoms with Gasteiger partial charge in [-0.05, 0) is 49.1 Å². The third-order valence-electron chi connectivity index (χ3n) is 4.63. The van der Waals surface area contributed by atoms with Gasteiger partial charge in [-0.25, -0.2) is 14.8 Å². The van der Waals surface area contributed by atoms with Gasteiger partial charge in [0.05, 0.1) is 11.9 Å². The summed E-state index contributed by atoms with van der Waals surface area (Å²) in [6, 6.07) is 17.3. The molecule has 150 valence electrons. The first-order valence-corrected chi connectivity index (χ1v) is 9.91. The Balaban J connectivity index is 1.31. The molecule has 0 spiro atoms. The van der Waals surface area contributed by atoms with E-state index in [1.165, 1.54) is 5.56 Å². The fraction of sp³-hybridized carbons (Fsp3) is 0.174. The number of aryl methyl sites for hydroxylation is 1. The molecule has 0 aliphatic heterocycles. The number of amides is 2. The van der Waals surface area contributed by atoms with E-state index in [1.807, 2.05) is 30.3 Å². The molecule has 0 unspecified atom stereocenters. The van der Waals surface area contributed by atoms with Gasteiger partial charge in [-0.2, -0.15) is 0 Å². The number of hydrogen-bond acceptors (Lipinski definition) is 5. The number of fused-ring (bicyclic) bond motifs is 1. The average Bonchev–Trinajstić information content (AvgIpc) is 2.79. The number of aromatic nitrogens is 4. The molecule has 0 saturated heterocycles. The van der Waals surface area contributed by atoms with E-state index in [-0.39, 0.29) is 6.03 Å². The van der Waals surface area contributed by atoms with Crippen molar-refractivity contribution in [3.63, 3.8) is 0 Å². The number of nitrogens with one attached hydrogen (secondary N) is 2. The smallest absolute Gasteiger partial charge is 0.320 e. The first kappa shape index (κ1) is 19.4. The predicted molar refractivity (Wildman–Crippen MR) is 117 cm³/mol. The van der Waals surface area contributed by atoms with Crippen LogP contribution in [0, 0.1) is 0 Å². The molecule has 7 nitrogen and oxygen atoms in total. The molecule has 0 aliphatic carbocycles. The van der Waals surface area contributed by atoms with E-state index in [0.717, 1.165) is 24.8 Å². The maximum atomic E-state index is 12.2. The van der Waals surface area contributed by atoms with Crippen LogP contribution >= 0.6 is 0 Å². The Bertz CT molecular complexity index is 1120. The van der Waals surface area contributed by atoms with E-state index in [1.54, 1.807) is 30.7 Å². The third-order valence-corrected chi connectivity index (χ3v) is 4.63. The van der Waals surface area contributed by atoms with E-state index in [2.05, 4.69) is 42.7 Å². The van der Waals surface area contributed by atoms with Crippen LogP contribution in [-0.2, 0) is 6.42 Å². The van der Waals surface area contributed by atoms with E-state index < -0.39 is 0 Å². The van der Waals surface area contributed by atoms with Crippen molar-refractivity contribution >= 4 is 23.0 Å². The topological polar surface area (TPSA) is 92.7 Å². The van der Waals surface area contributed by atoms with Crippen LogP contribution in [0.5, 0.6) is 0 Å². The number of unbranched alkanes of at least 4 members (excludes halogenated alkanes) is 1. The molecule has 0 aliphatic rings. The van der Waals surface area contributed by atoms with Crippen molar-refractivity contribution in [3.8, 4) is 11.3 Å². The van der Waals surface area contributed by atoms with E-state index >= 15 is 0 Å². The molecule has 2 N–H and O–H groups in total. The molecule has 7 heteroatoms. The lowest BCUT2D eigenvalue weighted by Crippen LogP contribution is -2.29. The summed E-state index contributed by atoms with van der Waals surface area (Å²) in [7, 11) is 0. The minimum Gasteiger partial charge on any atom is -0.338 e. The third kappa shape index (κ3) is 5.14. The Hall–Kier alpha value is -3.87. The van der Waals surface area contributed by atoms with Gasteiger partial charge < -0.3 is 5.32 Å². The standard InChI is InChI=1S/C23H22N6O/c30-23(25-14-5-4-9-17-7-2-1-3-8-17)29-21-12-11-19-22(28-21)27-20(16-26-19)18-10-6-13-24-15-18/h1-3,6-8,10-13,15-16H,4-5,9,14H2,(H2,25,27,28,29,30). The zero-order valence-electron chi connectivity index (χ0n) is 16.5. The molecule has 4 rings (SSSR count). The van der Waals surface area contributed by atoms with Gasteiger partial charge in [0, 0.05) is 24.5 Å². The summed E-state index contributed by atoms with van der Waals surface area (Å²) < 4.78 is 0. The molecular formula is C23H22N6O. The second-order valence-electron chi connectivity index (χ2n) is 6.86. The van der Waals surface area contributed by atoms with Gasteiger partial charge in [-0.3, -0.25) is 15.3 Å². The number of nitrogens with zero attached hydrogens (tertiary/aromatic N) is 4. The highest BCUT2D eigenvalue weighted by Crippen LogP contribution is 2.18. The zero-order chi connectivity index (χ0) is 20.6. The lowest BCUT2D eigenvalue weighted by atomic mass is 10.1. The van der Waals surface area contributed by atoms with Crippen LogP contribution in [0.4, 0.5) is 10.6 Å². The van der Waals surface area contributed by atoms with Gasteiger partial charge in [0.1, 0.15) is 11.3 Å². The van der Waals surface area contributed by atoms with Gasteiger partial charge in [0.15, 0.2) is 5.65 Å². The fourth-order valence-corrected chi connectivity index (χ4v) is 3.08. The van der Waals surface area contributed by atoms with E-state index in [9.17, 15) is 4.79 Å². The minimum absolute atomic E-state index is 0.280. The van der Waals surface area contributed by atoms with Crippen LogP contribution in [0.1, 0.15) is 18.4 Å². The zero-order valence-corrected chi connectivity index (χ0v) is 16.5. The molecule has 0 fully saturated rings. The van der Waals surface area contributed by atoms with Crippen molar-refractivity contribution in [1.29, 1.82) is 0 Å². The molecule has 1 aromatic carbocycles. The summed E-state index contributed by atoms with van der Waals surface area (Å²) in [5.74, 6) is 0.432. The molecule has 3 heterocycles. The molecule has 0 atom stereocenters. The van der Waals surface area contributed by atoms with E-state index in [4.69, 9.17) is 0 Å². The van der Waals surface area contributed by atoms with Crippen LogP contribution in [0.15, 0.2) is 73.2 Å². The molecule has 0 radical (unpaired) electrons. The second kappa shape index (κ2) is 9.56. The number of urea groups is 1. The average molecular weight is 398 g/mol. The summed E-state index contributed by atoms with van der Waals surface area (Å²) in [5.41, 5.74) is 3.99. The Kier molecular flexibility index (Phi) is 6.19. The van der Waals surface area contributed by atoms with Crippen molar-refractivity contribution in [3.05, 3.63) is 78.8 Å². The van der Waals surface area contributed by atoms with Gasteiger partial charge >= 0.3 is 6.03 Å². The highest BCUT2D eigenvalue weighted by molar-refractivity contribution is 5.89. The molecule has 3 aromatic heterocycles. The predicted octanol–water partition coefficient (Wildman–Crippen LogP) is 4.23. The number of anilines is 1.